The highest BCUT2D eigenvalue weighted by Gasteiger charge is 2.24. The topological polar surface area (TPSA) is 9.23 Å². The lowest BCUT2D eigenvalue weighted by Gasteiger charge is -2.17. The second-order valence-corrected chi connectivity index (χ2v) is 5.93. The van der Waals surface area contributed by atoms with Gasteiger partial charge in [-0.15, -0.1) is 0 Å². The van der Waals surface area contributed by atoms with Crippen LogP contribution < -0.4 is 0 Å². The first kappa shape index (κ1) is 12.9. The molecule has 3 rings (SSSR count). The normalized spacial score (nSPS) is 20.4. The molecule has 0 saturated carbocycles. The van der Waals surface area contributed by atoms with Crippen LogP contribution in [0, 0.1) is 0 Å². The molecule has 19 heavy (non-hydrogen) atoms. The Morgan fingerprint density at radius 2 is 1.63 bits per heavy atom. The molecule has 2 unspecified atom stereocenters. The maximum Gasteiger partial charge on any atom is 0.0741 e. The van der Waals surface area contributed by atoms with Gasteiger partial charge in [0, 0.05) is 6.61 Å². The molecule has 2 atom stereocenters. The number of alkyl halides is 1. The summed E-state index contributed by atoms with van der Waals surface area (Å²) in [5.41, 5.74) is 3.82. The molecule has 0 N–H and O–H groups in total. The molecule has 1 heterocycles. The number of hydrogen-bond donors (Lipinski definition) is 0. The van der Waals surface area contributed by atoms with Crippen molar-refractivity contribution in [2.75, 3.05) is 6.61 Å². The average molecular weight is 317 g/mol. The predicted octanol–water partition coefficient (Wildman–Crippen LogP) is 4.97. The Balaban J connectivity index is 1.79. The van der Waals surface area contributed by atoms with Crippen LogP contribution in [-0.4, -0.2) is 12.7 Å². The van der Waals surface area contributed by atoms with Crippen molar-refractivity contribution in [1.29, 1.82) is 0 Å². The summed E-state index contributed by atoms with van der Waals surface area (Å²) in [5.74, 6) is 0. The molecule has 0 radical (unpaired) electrons. The van der Waals surface area contributed by atoms with Crippen LogP contribution in [-0.2, 0) is 4.74 Å². The number of hydrogen-bond acceptors (Lipinski definition) is 1. The molecule has 0 spiro atoms. The molecule has 2 heteroatoms. The van der Waals surface area contributed by atoms with Crippen LogP contribution in [0.4, 0.5) is 0 Å². The Morgan fingerprint density at radius 1 is 0.947 bits per heavy atom. The second kappa shape index (κ2) is 5.89. The van der Waals surface area contributed by atoms with Crippen LogP contribution >= 0.6 is 15.9 Å². The van der Waals surface area contributed by atoms with Crippen LogP contribution in [0.2, 0.25) is 0 Å². The highest BCUT2D eigenvalue weighted by Crippen LogP contribution is 2.34. The molecule has 0 bridgehead atoms. The zero-order valence-corrected chi connectivity index (χ0v) is 12.3. The average Bonchev–Trinajstić information content (AvgIpc) is 3.02. The minimum absolute atomic E-state index is 0.305. The van der Waals surface area contributed by atoms with E-state index in [1.807, 2.05) is 6.07 Å². The number of ether oxygens (including phenoxy) is 1. The lowest BCUT2D eigenvalue weighted by molar-refractivity contribution is 0.110. The van der Waals surface area contributed by atoms with Gasteiger partial charge >= 0.3 is 0 Å². The van der Waals surface area contributed by atoms with E-state index in [9.17, 15) is 0 Å². The van der Waals surface area contributed by atoms with Crippen molar-refractivity contribution in [3.05, 3.63) is 60.2 Å². The summed E-state index contributed by atoms with van der Waals surface area (Å²) in [7, 11) is 0. The Labute approximate surface area is 122 Å². The summed E-state index contributed by atoms with van der Waals surface area (Å²) in [4.78, 5) is 0.305. The molecule has 1 fully saturated rings. The third-order valence-corrected chi connectivity index (χ3v) is 4.75. The summed E-state index contributed by atoms with van der Waals surface area (Å²) < 4.78 is 5.74. The fraction of sp³-hybridized carbons (Fsp3) is 0.294. The molecule has 0 aliphatic carbocycles. The van der Waals surface area contributed by atoms with E-state index in [-0.39, 0.29) is 0 Å². The van der Waals surface area contributed by atoms with Crippen LogP contribution in [0.5, 0.6) is 0 Å². The van der Waals surface area contributed by atoms with Crippen molar-refractivity contribution in [2.24, 2.45) is 0 Å². The molecule has 1 nitrogen and oxygen atoms in total. The molecule has 1 saturated heterocycles. The first-order chi connectivity index (χ1) is 9.34. The summed E-state index contributed by atoms with van der Waals surface area (Å²) >= 11 is 3.77. The largest absolute Gasteiger partial charge is 0.377 e. The highest BCUT2D eigenvalue weighted by molar-refractivity contribution is 9.09. The SMILES string of the molecule is BrC(c1ccc(-c2ccccc2)cc1)C1CCCO1. The zero-order chi connectivity index (χ0) is 13.1. The van der Waals surface area contributed by atoms with E-state index < -0.39 is 0 Å². The minimum Gasteiger partial charge on any atom is -0.377 e. The van der Waals surface area contributed by atoms with Crippen molar-refractivity contribution in [1.82, 2.24) is 0 Å². The van der Waals surface area contributed by atoms with Crippen molar-refractivity contribution < 1.29 is 4.74 Å². The van der Waals surface area contributed by atoms with Crippen LogP contribution in [0.1, 0.15) is 23.2 Å². The third-order valence-electron chi connectivity index (χ3n) is 3.63. The van der Waals surface area contributed by atoms with Gasteiger partial charge in [0.25, 0.3) is 0 Å². The first-order valence-corrected chi connectivity index (χ1v) is 7.67. The smallest absolute Gasteiger partial charge is 0.0741 e. The van der Waals surface area contributed by atoms with Gasteiger partial charge in [-0.25, -0.2) is 0 Å². The lowest BCUT2D eigenvalue weighted by atomic mass is 10.0. The third kappa shape index (κ3) is 2.90. The van der Waals surface area contributed by atoms with Gasteiger partial charge in [0.1, 0.15) is 0 Å². The monoisotopic (exact) mass is 316 g/mol. The summed E-state index contributed by atoms with van der Waals surface area (Å²) in [6.07, 6.45) is 2.65. The van der Waals surface area contributed by atoms with Gasteiger partial charge in [0.15, 0.2) is 0 Å². The van der Waals surface area contributed by atoms with E-state index in [0.29, 0.717) is 10.9 Å². The first-order valence-electron chi connectivity index (χ1n) is 6.75. The number of rotatable bonds is 3. The Hall–Kier alpha value is -1.12. The van der Waals surface area contributed by atoms with Crippen molar-refractivity contribution >= 4 is 15.9 Å². The molecule has 1 aliphatic heterocycles. The number of halogens is 1. The Bertz CT molecular complexity index is 515. The molecule has 2 aromatic rings. The van der Waals surface area contributed by atoms with Crippen molar-refractivity contribution in [3.8, 4) is 11.1 Å². The molecule has 2 aromatic carbocycles. The standard InChI is InChI=1S/C17H17BrO/c18-17(16-7-4-12-19-16)15-10-8-14(9-11-15)13-5-2-1-3-6-13/h1-3,5-6,8-11,16-17H,4,7,12H2. The zero-order valence-electron chi connectivity index (χ0n) is 10.8. The molecule has 0 amide bonds. The van der Waals surface area contributed by atoms with Gasteiger partial charge in [-0.3, -0.25) is 0 Å². The van der Waals surface area contributed by atoms with Crippen LogP contribution in [0.15, 0.2) is 54.6 Å². The second-order valence-electron chi connectivity index (χ2n) is 4.94. The fourth-order valence-electron chi connectivity index (χ4n) is 2.54. The van der Waals surface area contributed by atoms with E-state index in [1.165, 1.54) is 23.1 Å². The highest BCUT2D eigenvalue weighted by atomic mass is 79.9. The van der Waals surface area contributed by atoms with E-state index in [4.69, 9.17) is 4.74 Å². The molecular weight excluding hydrogens is 300 g/mol. The van der Waals surface area contributed by atoms with E-state index in [2.05, 4.69) is 64.5 Å². The maximum atomic E-state index is 5.74. The van der Waals surface area contributed by atoms with Gasteiger partial charge in [-0.05, 0) is 29.5 Å². The minimum atomic E-state index is 0.305. The van der Waals surface area contributed by atoms with Gasteiger partial charge < -0.3 is 4.74 Å². The fourth-order valence-corrected chi connectivity index (χ4v) is 3.26. The molecule has 0 aromatic heterocycles. The van der Waals surface area contributed by atoms with E-state index in [1.54, 1.807) is 0 Å². The summed E-state index contributed by atoms with van der Waals surface area (Å²) in [6.45, 7) is 0.898. The lowest BCUT2D eigenvalue weighted by Crippen LogP contribution is -2.12. The van der Waals surface area contributed by atoms with Gasteiger partial charge in [-0.2, -0.15) is 0 Å². The van der Waals surface area contributed by atoms with Gasteiger partial charge in [0.05, 0.1) is 10.9 Å². The molecule has 1 aliphatic rings. The Kier molecular flexibility index (Phi) is 4.00. The maximum absolute atomic E-state index is 5.74. The van der Waals surface area contributed by atoms with Crippen molar-refractivity contribution in [3.63, 3.8) is 0 Å². The van der Waals surface area contributed by atoms with Crippen LogP contribution in [0.25, 0.3) is 11.1 Å². The van der Waals surface area contributed by atoms with E-state index >= 15 is 0 Å². The predicted molar refractivity (Wildman–Crippen MR) is 82.5 cm³/mol. The van der Waals surface area contributed by atoms with Crippen molar-refractivity contribution in [2.45, 2.75) is 23.8 Å². The quantitative estimate of drug-likeness (QED) is 0.726. The van der Waals surface area contributed by atoms with E-state index in [0.717, 1.165) is 13.0 Å². The molecule has 98 valence electrons. The summed E-state index contributed by atoms with van der Waals surface area (Å²) in [6, 6.07) is 19.2. The Morgan fingerprint density at radius 3 is 2.26 bits per heavy atom. The number of benzene rings is 2. The summed E-state index contributed by atoms with van der Waals surface area (Å²) in [5, 5.41) is 0. The van der Waals surface area contributed by atoms with Gasteiger partial charge in [-0.1, -0.05) is 70.5 Å². The van der Waals surface area contributed by atoms with Gasteiger partial charge in [0.2, 0.25) is 0 Å². The molecular formula is C17H17BrO. The van der Waals surface area contributed by atoms with Crippen LogP contribution in [0.3, 0.4) is 0 Å².